The molecule has 8 heteroatoms. The van der Waals surface area contributed by atoms with E-state index in [0.29, 0.717) is 16.4 Å². The summed E-state index contributed by atoms with van der Waals surface area (Å²) in [5.74, 6) is 0. The number of halogens is 1. The number of benzene rings is 1. The van der Waals surface area contributed by atoms with E-state index in [-0.39, 0.29) is 11.7 Å². The van der Waals surface area contributed by atoms with E-state index in [2.05, 4.69) is 10.3 Å². The van der Waals surface area contributed by atoms with Gasteiger partial charge in [-0.2, -0.15) is 0 Å². The number of nitro groups is 1. The highest BCUT2D eigenvalue weighted by Gasteiger charge is 2.13. The fourth-order valence-electron chi connectivity index (χ4n) is 1.39. The van der Waals surface area contributed by atoms with Gasteiger partial charge in [-0.15, -0.1) is 5.10 Å². The Morgan fingerprint density at radius 2 is 2.28 bits per heavy atom. The first kappa shape index (κ1) is 12.5. The molecule has 0 spiro atoms. The van der Waals surface area contributed by atoms with Gasteiger partial charge in [0.1, 0.15) is 0 Å². The maximum atomic E-state index is 10.7. The molecule has 1 aromatic heterocycles. The van der Waals surface area contributed by atoms with Crippen molar-refractivity contribution in [3.8, 4) is 5.69 Å². The number of nitrogens with two attached hydrogens (primary N) is 1. The summed E-state index contributed by atoms with van der Waals surface area (Å²) in [4.78, 5) is 10.2. The Labute approximate surface area is 107 Å². The molecule has 1 unspecified atom stereocenters. The Morgan fingerprint density at radius 1 is 1.56 bits per heavy atom. The highest BCUT2D eigenvalue weighted by molar-refractivity contribution is 6.32. The average molecular weight is 268 g/mol. The Bertz CT molecular complexity index is 596. The lowest BCUT2D eigenvalue weighted by Gasteiger charge is -2.02. The lowest BCUT2D eigenvalue weighted by Crippen LogP contribution is -2.05. The summed E-state index contributed by atoms with van der Waals surface area (Å²) in [5.41, 5.74) is 6.58. The van der Waals surface area contributed by atoms with Crippen LogP contribution < -0.4 is 5.73 Å². The second-order valence-corrected chi connectivity index (χ2v) is 4.18. The molecule has 18 heavy (non-hydrogen) atoms. The monoisotopic (exact) mass is 267 g/mol. The van der Waals surface area contributed by atoms with Crippen LogP contribution in [0, 0.1) is 10.1 Å². The van der Waals surface area contributed by atoms with Crippen molar-refractivity contribution in [2.45, 2.75) is 13.0 Å². The third-order valence-electron chi connectivity index (χ3n) is 2.36. The topological polar surface area (TPSA) is 99.9 Å². The lowest BCUT2D eigenvalue weighted by molar-refractivity contribution is -0.384. The molecule has 7 nitrogen and oxygen atoms in total. The Balaban J connectivity index is 2.48. The summed E-state index contributed by atoms with van der Waals surface area (Å²) in [6.07, 6.45) is 1.59. The lowest BCUT2D eigenvalue weighted by atomic mass is 10.2. The van der Waals surface area contributed by atoms with Crippen LogP contribution in [0.2, 0.25) is 5.02 Å². The SMILES string of the molecule is CC(N)c1cn(-c2cc([N+](=O)[O-])ccc2Cl)nn1. The predicted octanol–water partition coefficient (Wildman–Crippen LogP) is 1.85. The molecule has 0 saturated carbocycles. The molecular weight excluding hydrogens is 258 g/mol. The van der Waals surface area contributed by atoms with Crippen LogP contribution in [-0.4, -0.2) is 19.9 Å². The summed E-state index contributed by atoms with van der Waals surface area (Å²) < 4.78 is 1.37. The smallest absolute Gasteiger partial charge is 0.271 e. The minimum atomic E-state index is -0.497. The van der Waals surface area contributed by atoms with Crippen LogP contribution >= 0.6 is 11.6 Å². The maximum Gasteiger partial charge on any atom is 0.271 e. The van der Waals surface area contributed by atoms with Gasteiger partial charge in [0.2, 0.25) is 0 Å². The van der Waals surface area contributed by atoms with Gasteiger partial charge >= 0.3 is 0 Å². The van der Waals surface area contributed by atoms with Gasteiger partial charge in [0.05, 0.1) is 27.5 Å². The summed E-state index contributed by atoms with van der Waals surface area (Å²) in [6, 6.07) is 3.84. The molecule has 2 rings (SSSR count). The van der Waals surface area contributed by atoms with Crippen molar-refractivity contribution in [2.75, 3.05) is 0 Å². The summed E-state index contributed by atoms with van der Waals surface area (Å²) >= 11 is 5.98. The molecule has 0 fully saturated rings. The van der Waals surface area contributed by atoms with E-state index in [1.165, 1.54) is 22.9 Å². The van der Waals surface area contributed by atoms with E-state index in [1.54, 1.807) is 13.1 Å². The molecule has 0 bridgehead atoms. The molecule has 0 aliphatic heterocycles. The van der Waals surface area contributed by atoms with Crippen molar-refractivity contribution in [1.82, 2.24) is 15.0 Å². The van der Waals surface area contributed by atoms with Crippen LogP contribution in [0.4, 0.5) is 5.69 Å². The zero-order valence-corrected chi connectivity index (χ0v) is 10.2. The highest BCUT2D eigenvalue weighted by atomic mass is 35.5. The van der Waals surface area contributed by atoms with Gasteiger partial charge in [-0.1, -0.05) is 16.8 Å². The highest BCUT2D eigenvalue weighted by Crippen LogP contribution is 2.25. The first-order chi connectivity index (χ1) is 8.49. The Kier molecular flexibility index (Phi) is 3.26. The van der Waals surface area contributed by atoms with Gasteiger partial charge in [0, 0.05) is 18.2 Å². The van der Waals surface area contributed by atoms with Crippen molar-refractivity contribution in [1.29, 1.82) is 0 Å². The van der Waals surface area contributed by atoms with Gasteiger partial charge in [-0.05, 0) is 13.0 Å². The van der Waals surface area contributed by atoms with Crippen molar-refractivity contribution >= 4 is 17.3 Å². The Morgan fingerprint density at radius 3 is 2.83 bits per heavy atom. The van der Waals surface area contributed by atoms with Crippen molar-refractivity contribution < 1.29 is 4.92 Å². The molecular formula is C10H10ClN5O2. The summed E-state index contributed by atoms with van der Waals surface area (Å²) in [5, 5.41) is 18.8. The number of nitro benzene ring substituents is 1. The minimum Gasteiger partial charge on any atom is -0.323 e. The average Bonchev–Trinajstić information content (AvgIpc) is 2.78. The van der Waals surface area contributed by atoms with Crippen LogP contribution in [-0.2, 0) is 0 Å². The zero-order valence-electron chi connectivity index (χ0n) is 9.45. The van der Waals surface area contributed by atoms with Crippen LogP contribution in [0.5, 0.6) is 0 Å². The fourth-order valence-corrected chi connectivity index (χ4v) is 1.60. The van der Waals surface area contributed by atoms with Crippen LogP contribution in [0.15, 0.2) is 24.4 Å². The number of non-ortho nitro benzene ring substituents is 1. The minimum absolute atomic E-state index is 0.0627. The Hall–Kier alpha value is -1.99. The van der Waals surface area contributed by atoms with Crippen molar-refractivity contribution in [3.05, 3.63) is 45.2 Å². The van der Waals surface area contributed by atoms with Crippen molar-refractivity contribution in [3.63, 3.8) is 0 Å². The standard InChI is InChI=1S/C10H10ClN5O2/c1-6(12)9-5-15(14-13-9)10-4-7(16(17)18)2-3-8(10)11/h2-6H,12H2,1H3. The van der Waals surface area contributed by atoms with Crippen LogP contribution in [0.1, 0.15) is 18.7 Å². The molecule has 0 aliphatic carbocycles. The molecule has 1 atom stereocenters. The molecule has 2 N–H and O–H groups in total. The van der Waals surface area contributed by atoms with E-state index in [1.807, 2.05) is 0 Å². The molecule has 0 radical (unpaired) electrons. The second kappa shape index (κ2) is 4.71. The molecule has 2 aromatic rings. The molecule has 94 valence electrons. The first-order valence-electron chi connectivity index (χ1n) is 5.11. The quantitative estimate of drug-likeness (QED) is 0.676. The van der Waals surface area contributed by atoms with E-state index >= 15 is 0 Å². The van der Waals surface area contributed by atoms with Gasteiger partial charge in [-0.25, -0.2) is 4.68 Å². The number of hydrogen-bond acceptors (Lipinski definition) is 5. The molecule has 0 amide bonds. The van der Waals surface area contributed by atoms with Crippen molar-refractivity contribution in [2.24, 2.45) is 5.73 Å². The number of hydrogen-bond donors (Lipinski definition) is 1. The number of rotatable bonds is 3. The third kappa shape index (κ3) is 2.31. The fraction of sp³-hybridized carbons (Fsp3) is 0.200. The summed E-state index contributed by atoms with van der Waals surface area (Å²) in [6.45, 7) is 1.77. The van der Waals surface area contributed by atoms with Crippen LogP contribution in [0.25, 0.3) is 5.69 Å². The van der Waals surface area contributed by atoms with Gasteiger partial charge in [0.15, 0.2) is 0 Å². The molecule has 1 heterocycles. The number of aromatic nitrogens is 3. The second-order valence-electron chi connectivity index (χ2n) is 3.77. The van der Waals surface area contributed by atoms with E-state index in [4.69, 9.17) is 17.3 Å². The molecule has 0 saturated heterocycles. The van der Waals surface area contributed by atoms with Crippen LogP contribution in [0.3, 0.4) is 0 Å². The zero-order chi connectivity index (χ0) is 13.3. The number of nitrogens with zero attached hydrogens (tertiary/aromatic N) is 4. The van der Waals surface area contributed by atoms with E-state index < -0.39 is 4.92 Å². The van der Waals surface area contributed by atoms with Gasteiger partial charge in [-0.3, -0.25) is 10.1 Å². The predicted molar refractivity (Wildman–Crippen MR) is 65.6 cm³/mol. The van der Waals surface area contributed by atoms with E-state index in [0.717, 1.165) is 0 Å². The van der Waals surface area contributed by atoms with Gasteiger partial charge in [0.25, 0.3) is 5.69 Å². The van der Waals surface area contributed by atoms with Gasteiger partial charge < -0.3 is 5.73 Å². The molecule has 1 aromatic carbocycles. The van der Waals surface area contributed by atoms with E-state index in [9.17, 15) is 10.1 Å². The maximum absolute atomic E-state index is 10.7. The largest absolute Gasteiger partial charge is 0.323 e. The first-order valence-corrected chi connectivity index (χ1v) is 5.49. The molecule has 0 aliphatic rings. The third-order valence-corrected chi connectivity index (χ3v) is 2.68. The summed E-state index contributed by atoms with van der Waals surface area (Å²) in [7, 11) is 0. The normalized spacial score (nSPS) is 12.4.